The smallest absolute Gasteiger partial charge is 0.459 e. The Labute approximate surface area is 374 Å². The molecule has 314 valence electrons. The molecule has 0 saturated carbocycles. The minimum absolute atomic E-state index is 0.0589. The molecule has 0 N–H and O–H groups in total. The summed E-state index contributed by atoms with van der Waals surface area (Å²) in [6.07, 6.45) is 0. The number of esters is 2. The van der Waals surface area contributed by atoms with Gasteiger partial charge in [0, 0.05) is 12.5 Å². The van der Waals surface area contributed by atoms with E-state index >= 15 is 0 Å². The second kappa shape index (κ2) is 19.8. The molecule has 0 amide bonds. The molecule has 1 heterocycles. The van der Waals surface area contributed by atoms with Crippen molar-refractivity contribution in [3.63, 3.8) is 0 Å². The van der Waals surface area contributed by atoms with Gasteiger partial charge in [0.1, 0.15) is 11.2 Å². The molecular formula is C42H50BBr2IO10S2. The zero-order valence-electron chi connectivity index (χ0n) is 34.3. The number of carbonyl (C=O) groups is 2. The zero-order chi connectivity index (χ0) is 43.9. The molecule has 0 bridgehead atoms. The Morgan fingerprint density at radius 3 is 1.22 bits per heavy atom. The maximum atomic E-state index is 12.4. The topological polar surface area (TPSA) is 139 Å². The third kappa shape index (κ3) is 15.8. The van der Waals surface area contributed by atoms with Crippen molar-refractivity contribution in [3.05, 3.63) is 110 Å². The largest absolute Gasteiger partial charge is 0.494 e. The van der Waals surface area contributed by atoms with Crippen LogP contribution >= 0.6 is 54.5 Å². The fourth-order valence-electron chi connectivity index (χ4n) is 4.96. The first-order chi connectivity index (χ1) is 26.5. The van der Waals surface area contributed by atoms with Crippen molar-refractivity contribution >= 4 is 98.6 Å². The van der Waals surface area contributed by atoms with Crippen molar-refractivity contribution in [2.75, 3.05) is 11.5 Å². The molecule has 16 heteroatoms. The third-order valence-electron chi connectivity index (χ3n) is 8.41. The van der Waals surface area contributed by atoms with E-state index in [1.807, 2.05) is 64.1 Å². The van der Waals surface area contributed by atoms with Crippen molar-refractivity contribution in [1.29, 1.82) is 0 Å². The highest BCUT2D eigenvalue weighted by molar-refractivity contribution is 14.1. The van der Waals surface area contributed by atoms with Crippen LogP contribution in [0.15, 0.2) is 116 Å². The Morgan fingerprint density at radius 1 is 0.586 bits per heavy atom. The number of hydrogen-bond acceptors (Lipinski definition) is 10. The summed E-state index contributed by atoms with van der Waals surface area (Å²) in [5.74, 6) is -2.88. The summed E-state index contributed by atoms with van der Waals surface area (Å²) in [7, 11) is -8.06. The molecular weight excluding hydrogens is 1030 g/mol. The highest BCUT2D eigenvalue weighted by Gasteiger charge is 2.51. The van der Waals surface area contributed by atoms with Gasteiger partial charge in [-0.2, -0.15) is 0 Å². The Kier molecular flexibility index (Phi) is 17.0. The summed E-state index contributed by atoms with van der Waals surface area (Å²) < 4.78 is 74.9. The van der Waals surface area contributed by atoms with Gasteiger partial charge in [0.25, 0.3) is 0 Å². The summed E-state index contributed by atoms with van der Waals surface area (Å²) in [6, 6.07) is 28.6. The maximum Gasteiger partial charge on any atom is 0.494 e. The molecule has 0 radical (unpaired) electrons. The van der Waals surface area contributed by atoms with Crippen LogP contribution in [0.2, 0.25) is 0 Å². The van der Waals surface area contributed by atoms with Crippen LogP contribution in [0.1, 0.15) is 69.2 Å². The van der Waals surface area contributed by atoms with Gasteiger partial charge in [0.05, 0.1) is 21.0 Å². The van der Waals surface area contributed by atoms with Crippen LogP contribution < -0.4 is 5.46 Å². The lowest BCUT2D eigenvalue weighted by atomic mass is 9.79. The Balaban J connectivity index is 0.000000261. The van der Waals surface area contributed by atoms with Gasteiger partial charge in [-0.3, -0.25) is 9.59 Å². The first-order valence-corrected chi connectivity index (χ1v) is 24.1. The van der Waals surface area contributed by atoms with Crippen LogP contribution in [-0.4, -0.2) is 69.8 Å². The first-order valence-electron chi connectivity index (χ1n) is 18.1. The monoisotopic (exact) mass is 1070 g/mol. The highest BCUT2D eigenvalue weighted by atomic mass is 127. The summed E-state index contributed by atoms with van der Waals surface area (Å²) >= 11 is 8.99. The lowest BCUT2D eigenvalue weighted by Gasteiger charge is -2.32. The fourth-order valence-corrected chi connectivity index (χ4v) is 8.02. The van der Waals surface area contributed by atoms with Gasteiger partial charge in [0.2, 0.25) is 0 Å². The van der Waals surface area contributed by atoms with Crippen molar-refractivity contribution in [3.8, 4) is 11.1 Å². The molecule has 1 aliphatic rings. The van der Waals surface area contributed by atoms with E-state index in [0.717, 1.165) is 25.5 Å². The number of ether oxygens (including phenoxy) is 2. The van der Waals surface area contributed by atoms with E-state index in [1.165, 1.54) is 27.8 Å². The summed E-state index contributed by atoms with van der Waals surface area (Å²) in [6.45, 7) is 18.0. The minimum atomic E-state index is -3.77. The van der Waals surface area contributed by atoms with Crippen LogP contribution in [0.3, 0.4) is 0 Å². The molecule has 0 unspecified atom stereocenters. The van der Waals surface area contributed by atoms with Crippen molar-refractivity contribution in [2.45, 2.75) is 101 Å². The molecule has 0 spiro atoms. The van der Waals surface area contributed by atoms with E-state index < -0.39 is 72.6 Å². The molecule has 0 atom stereocenters. The van der Waals surface area contributed by atoms with Crippen LogP contribution in [0.25, 0.3) is 11.1 Å². The molecule has 5 rings (SSSR count). The highest BCUT2D eigenvalue weighted by Crippen LogP contribution is 2.36. The first kappa shape index (κ1) is 49.8. The standard InChI is InChI=1S/C18H27BO6S.C18H19BrO4S.C6H4BrI/c1-16(2,3)23-15(20)12-26(21,22)14-10-8-13(9-11-14)19-24-17(4,5)18(6,7)25-19;1-18(2,3)23-17(20)12-24(21,22)16-10-6-14(7-11-16)13-4-8-15(19)9-5-13;7-5-1-3-6(8)4-2-5/h8-11H,12H2,1-7H3;4-11H,12H2,1-3H3;1-4H. The maximum absolute atomic E-state index is 12.4. The lowest BCUT2D eigenvalue weighted by molar-refractivity contribution is -0.152. The van der Waals surface area contributed by atoms with E-state index in [-0.39, 0.29) is 9.79 Å². The van der Waals surface area contributed by atoms with Gasteiger partial charge < -0.3 is 18.8 Å². The third-order valence-corrected chi connectivity index (χ3v) is 13.4. The van der Waals surface area contributed by atoms with Crippen LogP contribution in [0.5, 0.6) is 0 Å². The molecule has 10 nitrogen and oxygen atoms in total. The van der Waals surface area contributed by atoms with Crippen LogP contribution in [0, 0.1) is 3.57 Å². The average molecular weight is 1080 g/mol. The van der Waals surface area contributed by atoms with Gasteiger partial charge in [0.15, 0.2) is 31.2 Å². The molecule has 0 aliphatic carbocycles. The zero-order valence-corrected chi connectivity index (χ0v) is 41.2. The van der Waals surface area contributed by atoms with E-state index in [1.54, 1.807) is 65.8 Å². The molecule has 0 aromatic heterocycles. The lowest BCUT2D eigenvalue weighted by Crippen LogP contribution is -2.41. The van der Waals surface area contributed by atoms with Gasteiger partial charge >= 0.3 is 19.1 Å². The second-order valence-electron chi connectivity index (χ2n) is 16.3. The number of sulfone groups is 2. The number of halogens is 3. The predicted molar refractivity (Wildman–Crippen MR) is 244 cm³/mol. The van der Waals surface area contributed by atoms with Crippen LogP contribution in [-0.2, 0) is 48.0 Å². The van der Waals surface area contributed by atoms with Crippen molar-refractivity contribution < 1.29 is 45.2 Å². The van der Waals surface area contributed by atoms with Crippen LogP contribution in [0.4, 0.5) is 0 Å². The molecule has 1 aliphatic heterocycles. The Bertz CT molecular complexity index is 2200. The Hall–Kier alpha value is -2.61. The van der Waals surface area contributed by atoms with E-state index in [4.69, 9.17) is 18.8 Å². The number of carbonyl (C=O) groups excluding carboxylic acids is 2. The minimum Gasteiger partial charge on any atom is -0.459 e. The van der Waals surface area contributed by atoms with Gasteiger partial charge in [-0.1, -0.05) is 68.3 Å². The summed E-state index contributed by atoms with van der Waals surface area (Å²) in [4.78, 5) is 23.8. The van der Waals surface area contributed by atoms with Gasteiger partial charge in [-0.05, 0) is 169 Å². The number of hydrogen-bond donors (Lipinski definition) is 0. The molecule has 58 heavy (non-hydrogen) atoms. The Morgan fingerprint density at radius 2 is 0.897 bits per heavy atom. The SMILES string of the molecule is Brc1ccc(I)cc1.CC(C)(C)OC(=O)CS(=O)(=O)c1ccc(-c2ccc(Br)cc2)cc1.CC(C)(C)OC(=O)CS(=O)(=O)c1ccc(B2OC(C)(C)C(C)(C)O2)cc1. The van der Waals surface area contributed by atoms with Crippen molar-refractivity contribution in [2.24, 2.45) is 0 Å². The summed E-state index contributed by atoms with van der Waals surface area (Å²) in [5.41, 5.74) is 0.219. The molecule has 1 saturated heterocycles. The molecule has 4 aromatic rings. The van der Waals surface area contributed by atoms with Gasteiger partial charge in [-0.25, -0.2) is 16.8 Å². The number of benzene rings is 4. The number of rotatable bonds is 8. The fraction of sp³-hybridized carbons (Fsp3) is 0.381. The molecule has 1 fully saturated rings. The van der Waals surface area contributed by atoms with E-state index in [0.29, 0.717) is 0 Å². The van der Waals surface area contributed by atoms with E-state index in [9.17, 15) is 26.4 Å². The normalized spacial score (nSPS) is 14.9. The quantitative estimate of drug-likeness (QED) is 0.0953. The predicted octanol–water partition coefficient (Wildman–Crippen LogP) is 9.39. The molecule has 4 aromatic carbocycles. The second-order valence-corrected chi connectivity index (χ2v) is 23.4. The van der Waals surface area contributed by atoms with Crippen molar-refractivity contribution in [1.82, 2.24) is 0 Å². The van der Waals surface area contributed by atoms with Gasteiger partial charge in [-0.15, -0.1) is 0 Å². The average Bonchev–Trinajstić information content (AvgIpc) is 3.31. The van der Waals surface area contributed by atoms with E-state index in [2.05, 4.69) is 66.6 Å². The summed E-state index contributed by atoms with van der Waals surface area (Å²) in [5, 5.41) is 0.